The summed E-state index contributed by atoms with van der Waals surface area (Å²) in [6.07, 6.45) is 3.28. The zero-order chi connectivity index (χ0) is 19.5. The van der Waals surface area contributed by atoms with E-state index in [-0.39, 0.29) is 6.04 Å². The van der Waals surface area contributed by atoms with E-state index in [1.807, 2.05) is 18.2 Å². The van der Waals surface area contributed by atoms with E-state index in [4.69, 9.17) is 21.1 Å². The average Bonchev–Trinajstić information content (AvgIpc) is 3.10. The van der Waals surface area contributed by atoms with Crippen LogP contribution in [0, 0.1) is 0 Å². The Morgan fingerprint density at radius 3 is 2.36 bits per heavy atom. The summed E-state index contributed by atoms with van der Waals surface area (Å²) in [6, 6.07) is 18.8. The van der Waals surface area contributed by atoms with Gasteiger partial charge in [0, 0.05) is 42.6 Å². The van der Waals surface area contributed by atoms with Crippen LogP contribution >= 0.6 is 11.6 Å². The fourth-order valence-electron chi connectivity index (χ4n) is 4.03. The van der Waals surface area contributed by atoms with Gasteiger partial charge in [0.05, 0.1) is 20.3 Å². The lowest BCUT2D eigenvalue weighted by molar-refractivity contribution is 0.220. The first kappa shape index (κ1) is 18.9. The number of methoxy groups -OCH3 is 2. The quantitative estimate of drug-likeness (QED) is 0.596. The number of hydrogen-bond acceptors (Lipinski definition) is 3. The van der Waals surface area contributed by atoms with Gasteiger partial charge in [0.15, 0.2) is 0 Å². The van der Waals surface area contributed by atoms with Gasteiger partial charge in [-0.2, -0.15) is 0 Å². The van der Waals surface area contributed by atoms with Crippen LogP contribution in [-0.2, 0) is 13.1 Å². The zero-order valence-electron chi connectivity index (χ0n) is 16.3. The van der Waals surface area contributed by atoms with Crippen molar-refractivity contribution in [1.29, 1.82) is 0 Å². The van der Waals surface area contributed by atoms with Crippen LogP contribution in [0.1, 0.15) is 29.3 Å². The lowest BCUT2D eigenvalue weighted by Gasteiger charge is -2.31. The number of benzene rings is 2. The Balaban J connectivity index is 1.72. The summed E-state index contributed by atoms with van der Waals surface area (Å²) in [7, 11) is 3.38. The third-order valence-electron chi connectivity index (χ3n) is 5.34. The molecule has 0 spiro atoms. The molecule has 1 atom stereocenters. The van der Waals surface area contributed by atoms with Crippen LogP contribution < -0.4 is 9.47 Å². The summed E-state index contributed by atoms with van der Waals surface area (Å²) in [5, 5.41) is 0.761. The first-order valence-electron chi connectivity index (χ1n) is 9.54. The van der Waals surface area contributed by atoms with Crippen LogP contribution in [0.2, 0.25) is 5.02 Å². The molecular formula is C23H25ClN2O2. The van der Waals surface area contributed by atoms with Crippen molar-refractivity contribution in [3.05, 3.63) is 82.6 Å². The Labute approximate surface area is 171 Å². The number of aryl methyl sites for hydroxylation is 1. The standard InChI is InChI=1S/C23H25ClN2O2/c1-27-20-13-17(14-21(15-20)28-2)16-26-12-4-11-25-10-3-5-22(25)23(26)18-6-8-19(24)9-7-18/h3,5-10,13-15,23H,4,11-12,16H2,1-2H3/t23-/m0/s1. The van der Waals surface area contributed by atoms with E-state index in [0.29, 0.717) is 0 Å². The van der Waals surface area contributed by atoms with Crippen molar-refractivity contribution in [3.63, 3.8) is 0 Å². The molecule has 0 aliphatic carbocycles. The number of halogens is 1. The molecule has 1 aromatic heterocycles. The van der Waals surface area contributed by atoms with Gasteiger partial charge in [-0.15, -0.1) is 0 Å². The van der Waals surface area contributed by atoms with Crippen molar-refractivity contribution in [3.8, 4) is 11.5 Å². The normalized spacial score (nSPS) is 17.0. The fourth-order valence-corrected chi connectivity index (χ4v) is 4.15. The number of ether oxygens (including phenoxy) is 2. The van der Waals surface area contributed by atoms with Crippen LogP contribution in [0.4, 0.5) is 0 Å². The number of rotatable bonds is 5. The minimum atomic E-state index is 0.173. The van der Waals surface area contributed by atoms with Crippen molar-refractivity contribution in [2.75, 3.05) is 20.8 Å². The molecule has 0 radical (unpaired) electrons. The Bertz CT molecular complexity index is 914. The summed E-state index contributed by atoms with van der Waals surface area (Å²) in [6.45, 7) is 2.85. The summed E-state index contributed by atoms with van der Waals surface area (Å²) < 4.78 is 13.3. The lowest BCUT2D eigenvalue weighted by atomic mass is 10.0. The Morgan fingerprint density at radius 1 is 0.964 bits per heavy atom. The number of aromatic nitrogens is 1. The summed E-state index contributed by atoms with van der Waals surface area (Å²) in [5.74, 6) is 1.63. The molecule has 0 amide bonds. The number of hydrogen-bond donors (Lipinski definition) is 0. The van der Waals surface area contributed by atoms with Gasteiger partial charge >= 0.3 is 0 Å². The van der Waals surface area contributed by atoms with Crippen molar-refractivity contribution in [2.45, 2.75) is 25.6 Å². The maximum atomic E-state index is 6.15. The molecule has 1 aliphatic heterocycles. The molecule has 4 nitrogen and oxygen atoms in total. The molecule has 28 heavy (non-hydrogen) atoms. The molecule has 0 unspecified atom stereocenters. The van der Waals surface area contributed by atoms with Gasteiger partial charge in [-0.25, -0.2) is 0 Å². The molecule has 0 saturated carbocycles. The van der Waals surface area contributed by atoms with Gasteiger partial charge in [-0.05, 0) is 53.9 Å². The van der Waals surface area contributed by atoms with Gasteiger partial charge in [0.25, 0.3) is 0 Å². The monoisotopic (exact) mass is 396 g/mol. The third kappa shape index (κ3) is 3.89. The first-order valence-corrected chi connectivity index (χ1v) is 9.92. The second kappa shape index (κ2) is 8.29. The predicted molar refractivity (Wildman–Crippen MR) is 112 cm³/mol. The minimum Gasteiger partial charge on any atom is -0.497 e. The highest BCUT2D eigenvalue weighted by molar-refractivity contribution is 6.30. The Hall–Kier alpha value is -2.43. The minimum absolute atomic E-state index is 0.173. The molecule has 3 aromatic rings. The molecule has 0 fully saturated rings. The molecule has 0 bridgehead atoms. The van der Waals surface area contributed by atoms with Crippen molar-refractivity contribution >= 4 is 11.6 Å². The smallest absolute Gasteiger partial charge is 0.122 e. The molecule has 1 aliphatic rings. The molecular weight excluding hydrogens is 372 g/mol. The van der Waals surface area contributed by atoms with Crippen LogP contribution in [0.5, 0.6) is 11.5 Å². The molecule has 0 saturated heterocycles. The maximum absolute atomic E-state index is 6.15. The van der Waals surface area contributed by atoms with E-state index in [0.717, 1.165) is 42.6 Å². The highest BCUT2D eigenvalue weighted by Crippen LogP contribution is 2.34. The lowest BCUT2D eigenvalue weighted by Crippen LogP contribution is -2.29. The topological polar surface area (TPSA) is 26.6 Å². The van der Waals surface area contributed by atoms with E-state index in [1.54, 1.807) is 14.2 Å². The predicted octanol–water partition coefficient (Wildman–Crippen LogP) is 5.15. The molecule has 0 N–H and O–H groups in total. The van der Waals surface area contributed by atoms with Crippen LogP contribution in [-0.4, -0.2) is 30.2 Å². The van der Waals surface area contributed by atoms with E-state index < -0.39 is 0 Å². The Morgan fingerprint density at radius 2 is 1.68 bits per heavy atom. The molecule has 146 valence electrons. The van der Waals surface area contributed by atoms with Crippen molar-refractivity contribution < 1.29 is 9.47 Å². The highest BCUT2D eigenvalue weighted by Gasteiger charge is 2.27. The van der Waals surface area contributed by atoms with Crippen molar-refractivity contribution in [2.24, 2.45) is 0 Å². The van der Waals surface area contributed by atoms with Crippen LogP contribution in [0.25, 0.3) is 0 Å². The summed E-state index contributed by atoms with van der Waals surface area (Å²) in [5.41, 5.74) is 3.74. The maximum Gasteiger partial charge on any atom is 0.122 e. The van der Waals surface area contributed by atoms with Gasteiger partial charge < -0.3 is 14.0 Å². The van der Waals surface area contributed by atoms with Crippen LogP contribution in [0.15, 0.2) is 60.8 Å². The van der Waals surface area contributed by atoms with Gasteiger partial charge in [-0.1, -0.05) is 23.7 Å². The molecule has 2 aromatic carbocycles. The molecule has 2 heterocycles. The van der Waals surface area contributed by atoms with Crippen LogP contribution in [0.3, 0.4) is 0 Å². The molecule has 5 heteroatoms. The fraction of sp³-hybridized carbons (Fsp3) is 0.304. The van der Waals surface area contributed by atoms with E-state index in [2.05, 4.69) is 52.1 Å². The van der Waals surface area contributed by atoms with E-state index >= 15 is 0 Å². The average molecular weight is 397 g/mol. The summed E-state index contributed by atoms with van der Waals surface area (Å²) >= 11 is 6.15. The van der Waals surface area contributed by atoms with Crippen molar-refractivity contribution in [1.82, 2.24) is 9.47 Å². The van der Waals surface area contributed by atoms with E-state index in [9.17, 15) is 0 Å². The SMILES string of the molecule is COc1cc(CN2CCCn3cccc3[C@@H]2c2ccc(Cl)cc2)cc(OC)c1. The number of fused-ring (bicyclic) bond motifs is 1. The van der Waals surface area contributed by atoms with Gasteiger partial charge in [-0.3, -0.25) is 4.90 Å². The van der Waals surface area contributed by atoms with Gasteiger partial charge in [0.1, 0.15) is 11.5 Å². The largest absolute Gasteiger partial charge is 0.497 e. The second-order valence-electron chi connectivity index (χ2n) is 7.13. The third-order valence-corrected chi connectivity index (χ3v) is 5.59. The van der Waals surface area contributed by atoms with Gasteiger partial charge in [0.2, 0.25) is 0 Å². The molecule has 4 rings (SSSR count). The van der Waals surface area contributed by atoms with E-state index in [1.165, 1.54) is 16.8 Å². The second-order valence-corrected chi connectivity index (χ2v) is 7.56. The zero-order valence-corrected chi connectivity index (χ0v) is 17.0. The Kier molecular flexibility index (Phi) is 5.60. The first-order chi connectivity index (χ1) is 13.7. The summed E-state index contributed by atoms with van der Waals surface area (Å²) in [4.78, 5) is 2.52. The number of nitrogens with zero attached hydrogens (tertiary/aromatic N) is 2. The highest BCUT2D eigenvalue weighted by atomic mass is 35.5.